The van der Waals surface area contributed by atoms with Crippen LogP contribution in [0.25, 0.3) is 0 Å². The summed E-state index contributed by atoms with van der Waals surface area (Å²) < 4.78 is 0. The fourth-order valence-electron chi connectivity index (χ4n) is 2.45. The maximum atomic E-state index is 5.80. The molecule has 4 heteroatoms. The van der Waals surface area contributed by atoms with Crippen LogP contribution in [0.4, 0.5) is 0 Å². The molecule has 3 nitrogen and oxygen atoms in total. The topological polar surface area (TPSA) is 50.9 Å². The molecule has 0 aliphatic heterocycles. The molecule has 2 rings (SSSR count). The number of hydrogen-bond acceptors (Lipinski definition) is 4. The van der Waals surface area contributed by atoms with Gasteiger partial charge < -0.3 is 0 Å². The molecule has 1 heterocycles. The highest BCUT2D eigenvalue weighted by Gasteiger charge is 2.22. The number of hydrogen-bond donors (Lipinski definition) is 2. The van der Waals surface area contributed by atoms with Crippen LogP contribution >= 0.6 is 11.3 Å². The lowest BCUT2D eigenvalue weighted by molar-refractivity contribution is 0.515. The van der Waals surface area contributed by atoms with Crippen molar-refractivity contribution in [1.29, 1.82) is 0 Å². The van der Waals surface area contributed by atoms with Crippen LogP contribution in [0.3, 0.4) is 0 Å². The van der Waals surface area contributed by atoms with Crippen molar-refractivity contribution >= 4 is 11.3 Å². The molecule has 0 bridgehead atoms. The third-order valence-electron chi connectivity index (χ3n) is 3.43. The van der Waals surface area contributed by atoms with E-state index in [0.717, 1.165) is 17.1 Å². The Labute approximate surface area is 125 Å². The number of nitrogens with two attached hydrogens (primary N) is 1. The number of hydrazine groups is 1. The zero-order chi connectivity index (χ0) is 14.8. The smallest absolute Gasteiger partial charge is 0.0897 e. The lowest BCUT2D eigenvalue weighted by Crippen LogP contribution is -2.31. The molecule has 1 atom stereocenters. The average molecular weight is 289 g/mol. The summed E-state index contributed by atoms with van der Waals surface area (Å²) in [5, 5.41) is 3.21. The van der Waals surface area contributed by atoms with Crippen LogP contribution in [0.1, 0.15) is 48.6 Å². The number of rotatable bonds is 4. The van der Waals surface area contributed by atoms with E-state index in [1.807, 2.05) is 6.92 Å². The van der Waals surface area contributed by atoms with Crippen molar-refractivity contribution in [3.05, 3.63) is 51.5 Å². The molecule has 108 valence electrons. The molecular weight excluding hydrogens is 266 g/mol. The number of nitrogens with zero attached hydrogens (tertiary/aromatic N) is 1. The van der Waals surface area contributed by atoms with Gasteiger partial charge in [0.15, 0.2) is 0 Å². The van der Waals surface area contributed by atoms with E-state index in [9.17, 15) is 0 Å². The van der Waals surface area contributed by atoms with Crippen LogP contribution in [0, 0.1) is 6.92 Å². The largest absolute Gasteiger partial charge is 0.271 e. The first-order valence-electron chi connectivity index (χ1n) is 6.88. The molecule has 3 N–H and O–H groups in total. The van der Waals surface area contributed by atoms with Crippen LogP contribution in [0.15, 0.2) is 29.6 Å². The monoisotopic (exact) mass is 289 g/mol. The highest BCUT2D eigenvalue weighted by atomic mass is 32.1. The van der Waals surface area contributed by atoms with Gasteiger partial charge in [0.1, 0.15) is 0 Å². The molecule has 2 aromatic rings. The molecule has 0 fully saturated rings. The van der Waals surface area contributed by atoms with E-state index in [4.69, 9.17) is 5.84 Å². The number of aryl methyl sites for hydroxylation is 1. The van der Waals surface area contributed by atoms with Crippen molar-refractivity contribution in [2.75, 3.05) is 0 Å². The van der Waals surface area contributed by atoms with Crippen molar-refractivity contribution in [3.8, 4) is 0 Å². The van der Waals surface area contributed by atoms with Gasteiger partial charge in [0.25, 0.3) is 0 Å². The Hall–Kier alpha value is -1.23. The molecule has 0 aliphatic carbocycles. The molecular formula is C16H23N3S. The normalized spacial score (nSPS) is 13.4. The van der Waals surface area contributed by atoms with Crippen molar-refractivity contribution in [2.24, 2.45) is 5.84 Å². The van der Waals surface area contributed by atoms with Gasteiger partial charge in [0, 0.05) is 11.8 Å². The van der Waals surface area contributed by atoms with Crippen molar-refractivity contribution < 1.29 is 0 Å². The fourth-order valence-corrected chi connectivity index (χ4v) is 3.08. The second kappa shape index (κ2) is 6.04. The van der Waals surface area contributed by atoms with Crippen molar-refractivity contribution in [3.63, 3.8) is 0 Å². The van der Waals surface area contributed by atoms with E-state index in [1.54, 1.807) is 11.3 Å². The van der Waals surface area contributed by atoms with Gasteiger partial charge in [-0.1, -0.05) is 45.0 Å². The van der Waals surface area contributed by atoms with E-state index in [0.29, 0.717) is 0 Å². The Morgan fingerprint density at radius 2 is 2.00 bits per heavy atom. The standard InChI is InChI=1S/C16H23N3S/c1-11-18-12(10-20-11)9-15(19-17)13-7-5-6-8-14(13)16(2,3)4/h5-8,10,15,19H,9,17H2,1-4H3. The van der Waals surface area contributed by atoms with Gasteiger partial charge in [-0.3, -0.25) is 11.3 Å². The van der Waals surface area contributed by atoms with Gasteiger partial charge in [-0.05, 0) is 23.5 Å². The summed E-state index contributed by atoms with van der Waals surface area (Å²) in [6.07, 6.45) is 0.813. The van der Waals surface area contributed by atoms with E-state index < -0.39 is 0 Å². The minimum absolute atomic E-state index is 0.0897. The van der Waals surface area contributed by atoms with Crippen molar-refractivity contribution in [2.45, 2.75) is 45.6 Å². The summed E-state index contributed by atoms with van der Waals surface area (Å²) in [4.78, 5) is 4.54. The Morgan fingerprint density at radius 3 is 2.55 bits per heavy atom. The number of thiazole rings is 1. The first-order chi connectivity index (χ1) is 9.41. The fraction of sp³-hybridized carbons (Fsp3) is 0.438. The molecule has 0 saturated carbocycles. The average Bonchev–Trinajstić information content (AvgIpc) is 2.80. The molecule has 1 aromatic heterocycles. The second-order valence-corrected chi connectivity index (χ2v) is 7.18. The second-order valence-electron chi connectivity index (χ2n) is 6.12. The zero-order valence-electron chi connectivity index (χ0n) is 12.6. The highest BCUT2D eigenvalue weighted by Crippen LogP contribution is 2.30. The predicted molar refractivity (Wildman–Crippen MR) is 85.8 cm³/mol. The molecule has 0 aliphatic rings. The first kappa shape index (κ1) is 15.2. The minimum atomic E-state index is 0.0897. The number of nitrogens with one attached hydrogen (secondary N) is 1. The molecule has 20 heavy (non-hydrogen) atoms. The number of benzene rings is 1. The molecule has 0 spiro atoms. The molecule has 0 radical (unpaired) electrons. The Kier molecular flexibility index (Phi) is 4.58. The van der Waals surface area contributed by atoms with Crippen LogP contribution < -0.4 is 11.3 Å². The zero-order valence-corrected chi connectivity index (χ0v) is 13.4. The maximum Gasteiger partial charge on any atom is 0.0897 e. The van der Waals surface area contributed by atoms with Gasteiger partial charge in [-0.15, -0.1) is 11.3 Å². The summed E-state index contributed by atoms with van der Waals surface area (Å²) in [5.74, 6) is 5.80. The molecule has 0 amide bonds. The van der Waals surface area contributed by atoms with E-state index in [-0.39, 0.29) is 11.5 Å². The SMILES string of the molecule is Cc1nc(CC(NN)c2ccccc2C(C)(C)C)cs1. The minimum Gasteiger partial charge on any atom is -0.271 e. The van der Waals surface area contributed by atoms with Crippen LogP contribution in [-0.2, 0) is 11.8 Å². The first-order valence-corrected chi connectivity index (χ1v) is 7.76. The summed E-state index contributed by atoms with van der Waals surface area (Å²) in [5.41, 5.74) is 6.74. The van der Waals surface area contributed by atoms with Crippen molar-refractivity contribution in [1.82, 2.24) is 10.4 Å². The van der Waals surface area contributed by atoms with Gasteiger partial charge in [0.05, 0.1) is 16.7 Å². The molecule has 0 saturated heterocycles. The predicted octanol–water partition coefficient (Wildman–Crippen LogP) is 3.50. The van der Waals surface area contributed by atoms with Crippen LogP contribution in [0.5, 0.6) is 0 Å². The number of aromatic nitrogens is 1. The van der Waals surface area contributed by atoms with Crippen LogP contribution in [-0.4, -0.2) is 4.98 Å². The third kappa shape index (κ3) is 3.45. The lowest BCUT2D eigenvalue weighted by Gasteiger charge is -2.27. The third-order valence-corrected chi connectivity index (χ3v) is 4.25. The van der Waals surface area contributed by atoms with Gasteiger partial charge in [-0.2, -0.15) is 0 Å². The molecule has 1 unspecified atom stereocenters. The van der Waals surface area contributed by atoms with Crippen LogP contribution in [0.2, 0.25) is 0 Å². The quantitative estimate of drug-likeness (QED) is 0.669. The summed E-state index contributed by atoms with van der Waals surface area (Å²) >= 11 is 1.68. The van der Waals surface area contributed by atoms with Gasteiger partial charge in [0.2, 0.25) is 0 Å². The lowest BCUT2D eigenvalue weighted by atomic mass is 9.81. The maximum absolute atomic E-state index is 5.80. The Morgan fingerprint density at radius 1 is 1.30 bits per heavy atom. The van der Waals surface area contributed by atoms with E-state index in [1.165, 1.54) is 11.1 Å². The summed E-state index contributed by atoms with van der Waals surface area (Å²) in [6, 6.07) is 8.59. The van der Waals surface area contributed by atoms with Gasteiger partial charge >= 0.3 is 0 Å². The Bertz CT molecular complexity index is 569. The van der Waals surface area contributed by atoms with E-state index >= 15 is 0 Å². The van der Waals surface area contributed by atoms with E-state index in [2.05, 4.69) is 60.8 Å². The summed E-state index contributed by atoms with van der Waals surface area (Å²) in [7, 11) is 0. The van der Waals surface area contributed by atoms with Gasteiger partial charge in [-0.25, -0.2) is 4.98 Å². The highest BCUT2D eigenvalue weighted by molar-refractivity contribution is 7.09. The summed E-state index contributed by atoms with van der Waals surface area (Å²) in [6.45, 7) is 8.72. The molecule has 1 aromatic carbocycles. The Balaban J connectivity index is 2.32.